The van der Waals surface area contributed by atoms with Crippen molar-refractivity contribution < 1.29 is 37.0 Å². The van der Waals surface area contributed by atoms with Gasteiger partial charge in [-0.3, -0.25) is 9.78 Å². The lowest BCUT2D eigenvalue weighted by molar-refractivity contribution is 0.0561. The summed E-state index contributed by atoms with van der Waals surface area (Å²) in [7, 11) is 0. The van der Waals surface area contributed by atoms with Gasteiger partial charge in [0.05, 0.1) is 11.8 Å². The number of amides is 2. The molecule has 0 unspecified atom stereocenters. The van der Waals surface area contributed by atoms with Crippen molar-refractivity contribution in [3.63, 3.8) is 0 Å². The highest BCUT2D eigenvalue weighted by Gasteiger charge is 2.40. The van der Waals surface area contributed by atoms with Crippen molar-refractivity contribution in [3.8, 4) is 17.0 Å². The molecule has 12 heteroatoms. The van der Waals surface area contributed by atoms with Crippen molar-refractivity contribution >= 4 is 23.2 Å². The zero-order chi connectivity index (χ0) is 26.4. The minimum Gasteiger partial charge on any atom is -0.492 e. The van der Waals surface area contributed by atoms with Crippen LogP contribution in [0.4, 0.5) is 28.0 Å². The highest BCUT2D eigenvalue weighted by atomic mass is 19.2. The number of benzene rings is 2. The number of rotatable bonds is 3. The molecule has 1 N–H and O–H groups in total. The Balaban J connectivity index is 1.98. The van der Waals surface area contributed by atoms with Crippen LogP contribution >= 0.6 is 0 Å². The summed E-state index contributed by atoms with van der Waals surface area (Å²) < 4.78 is 67.1. The summed E-state index contributed by atoms with van der Waals surface area (Å²) >= 11 is 0. The van der Waals surface area contributed by atoms with Crippen molar-refractivity contribution in [2.75, 3.05) is 4.90 Å². The van der Waals surface area contributed by atoms with Gasteiger partial charge in [0.1, 0.15) is 22.4 Å². The summed E-state index contributed by atoms with van der Waals surface area (Å²) in [6.07, 6.45) is 1.95. The third kappa shape index (κ3) is 4.21. The Labute approximate surface area is 201 Å². The molecule has 0 radical (unpaired) electrons. The number of ether oxygens (including phenoxy) is 1. The Morgan fingerprint density at radius 1 is 1.00 bits per heavy atom. The van der Waals surface area contributed by atoms with Gasteiger partial charge in [0.15, 0.2) is 23.3 Å². The van der Waals surface area contributed by atoms with Crippen LogP contribution in [0.15, 0.2) is 48.9 Å². The summed E-state index contributed by atoms with van der Waals surface area (Å²) in [4.78, 5) is 30.0. The van der Waals surface area contributed by atoms with E-state index in [1.54, 1.807) is 0 Å². The van der Waals surface area contributed by atoms with Gasteiger partial charge in [-0.15, -0.1) is 5.10 Å². The maximum Gasteiger partial charge on any atom is 0.422 e. The largest absolute Gasteiger partial charge is 0.492 e. The van der Waals surface area contributed by atoms with Crippen molar-refractivity contribution in [2.24, 2.45) is 0 Å². The van der Waals surface area contributed by atoms with Crippen LogP contribution in [0.3, 0.4) is 0 Å². The number of nitrogens with zero attached hydrogens (tertiary/aromatic N) is 4. The van der Waals surface area contributed by atoms with Crippen molar-refractivity contribution in [1.82, 2.24) is 14.6 Å². The van der Waals surface area contributed by atoms with Gasteiger partial charge in [0.25, 0.3) is 5.91 Å². The minimum absolute atomic E-state index is 0.156. The van der Waals surface area contributed by atoms with E-state index in [-0.39, 0.29) is 16.0 Å². The Bertz CT molecular complexity index is 1470. The Morgan fingerprint density at radius 3 is 2.19 bits per heavy atom. The topological polar surface area (TPSA) is 97.0 Å². The number of hydrogen-bond acceptors (Lipinski definition) is 6. The monoisotopic (exact) mass is 502 g/mol. The van der Waals surface area contributed by atoms with Gasteiger partial charge in [0.2, 0.25) is 5.88 Å². The molecule has 0 spiro atoms. The normalized spacial score (nSPS) is 11.5. The molecule has 0 aliphatic rings. The van der Waals surface area contributed by atoms with Gasteiger partial charge >= 0.3 is 6.09 Å². The van der Waals surface area contributed by atoms with Crippen LogP contribution in [0.5, 0.6) is 5.88 Å². The highest BCUT2D eigenvalue weighted by molar-refractivity contribution is 6.22. The fourth-order valence-corrected chi connectivity index (χ4v) is 3.46. The number of aromatic nitrogens is 3. The van der Waals surface area contributed by atoms with Crippen LogP contribution in [-0.4, -0.2) is 37.3 Å². The maximum absolute atomic E-state index is 15.4. The molecule has 0 atom stereocenters. The number of anilines is 1. The first-order chi connectivity index (χ1) is 16.9. The first-order valence-corrected chi connectivity index (χ1v) is 10.4. The van der Waals surface area contributed by atoms with Crippen LogP contribution < -0.4 is 4.90 Å². The van der Waals surface area contributed by atoms with E-state index < -0.39 is 63.6 Å². The predicted molar refractivity (Wildman–Crippen MR) is 119 cm³/mol. The van der Waals surface area contributed by atoms with Gasteiger partial charge in [-0.1, -0.05) is 30.3 Å². The van der Waals surface area contributed by atoms with E-state index in [4.69, 9.17) is 4.74 Å². The molecule has 2 aromatic carbocycles. The molecule has 0 fully saturated rings. The van der Waals surface area contributed by atoms with Gasteiger partial charge < -0.3 is 9.84 Å². The van der Waals surface area contributed by atoms with Crippen LogP contribution in [0, 0.1) is 23.3 Å². The van der Waals surface area contributed by atoms with Gasteiger partial charge in [-0.2, -0.15) is 0 Å². The van der Waals surface area contributed by atoms with Crippen molar-refractivity contribution in [2.45, 2.75) is 26.4 Å². The second-order valence-electron chi connectivity index (χ2n) is 8.57. The van der Waals surface area contributed by atoms with Gasteiger partial charge in [-0.25, -0.2) is 31.8 Å². The average molecular weight is 502 g/mol. The number of halogens is 4. The number of carbonyl (C=O) groups is 2. The smallest absolute Gasteiger partial charge is 0.422 e. The van der Waals surface area contributed by atoms with Crippen molar-refractivity contribution in [1.29, 1.82) is 0 Å². The summed E-state index contributed by atoms with van der Waals surface area (Å²) in [6, 6.07) is 6.77. The van der Waals surface area contributed by atoms with E-state index >= 15 is 17.6 Å². The number of aromatic hydroxyl groups is 1. The molecule has 186 valence electrons. The molecule has 0 saturated carbocycles. The van der Waals surface area contributed by atoms with Crippen molar-refractivity contribution in [3.05, 3.63) is 77.8 Å². The van der Waals surface area contributed by atoms with E-state index in [1.807, 2.05) is 0 Å². The summed E-state index contributed by atoms with van der Waals surface area (Å²) in [5, 5.41) is 13.9. The van der Waals surface area contributed by atoms with Crippen LogP contribution in [0.2, 0.25) is 0 Å². The average Bonchev–Trinajstić information content (AvgIpc) is 3.15. The lowest BCUT2D eigenvalue weighted by atomic mass is 10.0. The van der Waals surface area contributed by atoms with Crippen LogP contribution in [0.25, 0.3) is 16.6 Å². The van der Waals surface area contributed by atoms with E-state index in [1.165, 1.54) is 63.5 Å². The molecule has 0 aliphatic heterocycles. The fourth-order valence-electron chi connectivity index (χ4n) is 3.46. The van der Waals surface area contributed by atoms with Crippen LogP contribution in [0.1, 0.15) is 31.1 Å². The summed E-state index contributed by atoms with van der Waals surface area (Å²) in [5.41, 5.74) is -5.02. The Kier molecular flexibility index (Phi) is 6.12. The lowest BCUT2D eigenvalue weighted by Crippen LogP contribution is -2.42. The third-order valence-electron chi connectivity index (χ3n) is 4.94. The standard InChI is InChI=1S/C24H18F4N4O4/c1-24(2,3)36-23(35)32(22(34)15-13-11-29-9-10-31(13)30-21(15)33)20-18(27)16(25)14(17(26)19(20)28)12-7-5-4-6-8-12/h4-11H,1-3H3,(H,30,33). The first-order valence-electron chi connectivity index (χ1n) is 10.4. The number of hydrogen-bond donors (Lipinski definition) is 1. The molecule has 2 heterocycles. The molecule has 4 rings (SSSR count). The fraction of sp³-hybridized carbons (Fsp3) is 0.167. The predicted octanol–water partition coefficient (Wildman–Crippen LogP) is 5.24. The van der Waals surface area contributed by atoms with Crippen LogP contribution in [-0.2, 0) is 4.74 Å². The number of imide groups is 1. The Hall–Kier alpha value is -4.48. The number of fused-ring (bicyclic) bond motifs is 1. The third-order valence-corrected chi connectivity index (χ3v) is 4.94. The molecule has 8 nitrogen and oxygen atoms in total. The molecule has 4 aromatic rings. The van der Waals surface area contributed by atoms with E-state index in [0.717, 1.165) is 10.7 Å². The molecular weight excluding hydrogens is 484 g/mol. The zero-order valence-corrected chi connectivity index (χ0v) is 19.1. The molecule has 2 amide bonds. The maximum atomic E-state index is 15.4. The molecule has 2 aromatic heterocycles. The molecule has 0 bridgehead atoms. The van der Waals surface area contributed by atoms with E-state index in [2.05, 4.69) is 10.1 Å². The SMILES string of the molecule is CC(C)(C)OC(=O)N(C(=O)c1c(O)nn2ccncc12)c1c(F)c(F)c(-c2ccccc2)c(F)c1F. The minimum atomic E-state index is -2.03. The molecule has 0 saturated heterocycles. The zero-order valence-electron chi connectivity index (χ0n) is 19.1. The summed E-state index contributed by atoms with van der Waals surface area (Å²) in [6.45, 7) is 4.20. The van der Waals surface area contributed by atoms with Gasteiger partial charge in [-0.05, 0) is 26.3 Å². The molecule has 0 aliphatic carbocycles. The highest BCUT2D eigenvalue weighted by Crippen LogP contribution is 2.38. The van der Waals surface area contributed by atoms with E-state index in [0.29, 0.717) is 0 Å². The second-order valence-corrected chi connectivity index (χ2v) is 8.57. The second kappa shape index (κ2) is 8.95. The Morgan fingerprint density at radius 2 is 1.61 bits per heavy atom. The quantitative estimate of drug-likeness (QED) is 0.304. The lowest BCUT2D eigenvalue weighted by Gasteiger charge is -2.27. The number of carbonyl (C=O) groups excluding carboxylic acids is 2. The van der Waals surface area contributed by atoms with Gasteiger partial charge in [0, 0.05) is 12.4 Å². The summed E-state index contributed by atoms with van der Waals surface area (Å²) in [5.74, 6) is -10.2. The first kappa shape index (κ1) is 24.6. The molecule has 36 heavy (non-hydrogen) atoms. The van der Waals surface area contributed by atoms with E-state index in [9.17, 15) is 14.7 Å². The molecular formula is C24H18F4N4O4.